The minimum Gasteiger partial charge on any atom is -0.345 e. The number of anilines is 1. The number of amides is 1. The number of halogens is 1. The highest BCUT2D eigenvalue weighted by molar-refractivity contribution is 8.13. The summed E-state index contributed by atoms with van der Waals surface area (Å²) < 4.78 is 1.28. The van der Waals surface area contributed by atoms with Crippen molar-refractivity contribution in [2.45, 2.75) is 0 Å². The first kappa shape index (κ1) is 15.3. The largest absolute Gasteiger partial charge is 0.345 e. The molecule has 0 fully saturated rings. The van der Waals surface area contributed by atoms with E-state index < -0.39 is 0 Å². The smallest absolute Gasteiger partial charge is 0.253 e. The van der Waals surface area contributed by atoms with Crippen molar-refractivity contribution < 1.29 is 4.79 Å². The Labute approximate surface area is 121 Å². The van der Waals surface area contributed by atoms with Crippen molar-refractivity contribution >= 4 is 40.3 Å². The fraction of sp³-hybridized carbons (Fsp3) is 0.250. The molecular weight excluding hydrogens is 284 g/mol. The zero-order valence-corrected chi connectivity index (χ0v) is 12.4. The zero-order valence-electron chi connectivity index (χ0n) is 10.8. The van der Waals surface area contributed by atoms with E-state index in [1.54, 1.807) is 50.8 Å². The minimum absolute atomic E-state index is 0.0801. The van der Waals surface area contributed by atoms with Crippen LogP contribution >= 0.6 is 23.5 Å². The Morgan fingerprint density at radius 2 is 1.95 bits per heavy atom. The zero-order chi connectivity index (χ0) is 14.4. The molecule has 19 heavy (non-hydrogen) atoms. The first-order valence-electron chi connectivity index (χ1n) is 5.29. The molecule has 0 heterocycles. The van der Waals surface area contributed by atoms with E-state index in [-0.39, 0.29) is 5.91 Å². The van der Waals surface area contributed by atoms with E-state index in [4.69, 9.17) is 17.0 Å². The third-order valence-electron chi connectivity index (χ3n) is 2.24. The molecule has 0 saturated heterocycles. The van der Waals surface area contributed by atoms with Gasteiger partial charge in [0.25, 0.3) is 5.91 Å². The van der Waals surface area contributed by atoms with E-state index in [0.717, 1.165) is 0 Å². The first-order chi connectivity index (χ1) is 9.01. The topological polar surface area (TPSA) is 59.7 Å². The van der Waals surface area contributed by atoms with Gasteiger partial charge in [-0.25, -0.2) is 4.42 Å². The summed E-state index contributed by atoms with van der Waals surface area (Å²) in [4.78, 5) is 16.8. The van der Waals surface area contributed by atoms with Crippen LogP contribution in [-0.4, -0.2) is 36.3 Å². The van der Waals surface area contributed by atoms with Gasteiger partial charge in [0.1, 0.15) is 0 Å². The molecule has 0 aromatic heterocycles. The highest BCUT2D eigenvalue weighted by Gasteiger charge is 2.12. The minimum atomic E-state index is -0.0801. The highest BCUT2D eigenvalue weighted by atomic mass is 35.5. The maximum absolute atomic E-state index is 11.7. The van der Waals surface area contributed by atoms with Gasteiger partial charge in [0, 0.05) is 31.4 Å². The third-order valence-corrected chi connectivity index (χ3v) is 3.34. The quantitative estimate of drug-likeness (QED) is 0.364. The number of nitriles is 1. The fourth-order valence-corrected chi connectivity index (χ4v) is 2.07. The van der Waals surface area contributed by atoms with Crippen LogP contribution in [0.2, 0.25) is 0 Å². The number of carbonyl (C=O) groups excluding carboxylic acids is 1. The molecule has 0 radical (unpaired) electrons. The van der Waals surface area contributed by atoms with Gasteiger partial charge in [-0.1, -0.05) is 11.8 Å². The van der Waals surface area contributed by atoms with Crippen molar-refractivity contribution in [3.8, 4) is 6.19 Å². The number of hydrogen-bond acceptors (Lipinski definition) is 4. The molecule has 0 N–H and O–H groups in total. The number of carbonyl (C=O) groups is 1. The van der Waals surface area contributed by atoms with E-state index in [1.807, 2.05) is 0 Å². The summed E-state index contributed by atoms with van der Waals surface area (Å²) in [7, 11) is 3.38. The Hall–Kier alpha value is -1.71. The number of benzene rings is 1. The number of nitrogens with zero attached hydrogens (tertiary/aromatic N) is 4. The van der Waals surface area contributed by atoms with E-state index >= 15 is 0 Å². The number of aliphatic imine (C=N–C) groups is 1. The third kappa shape index (κ3) is 3.88. The predicted molar refractivity (Wildman–Crippen MR) is 79.4 cm³/mol. The molecule has 0 bridgehead atoms. The second-order valence-electron chi connectivity index (χ2n) is 3.73. The molecule has 0 aliphatic rings. The van der Waals surface area contributed by atoms with Crippen LogP contribution in [0.1, 0.15) is 10.4 Å². The normalized spacial score (nSPS) is 10.8. The Bertz CT molecular complexity index is 522. The molecule has 1 amide bonds. The van der Waals surface area contributed by atoms with Crippen LogP contribution in [0.3, 0.4) is 0 Å². The monoisotopic (exact) mass is 296 g/mol. The number of hydrogen-bond donors (Lipinski definition) is 0. The summed E-state index contributed by atoms with van der Waals surface area (Å²) in [6, 6.07) is 6.76. The molecular formula is C12H13ClN4OS. The summed E-state index contributed by atoms with van der Waals surface area (Å²) in [6.07, 6.45) is 3.47. The summed E-state index contributed by atoms with van der Waals surface area (Å²) in [5, 5.41) is 8.93. The van der Waals surface area contributed by atoms with Gasteiger partial charge in [0.2, 0.25) is 6.19 Å². The van der Waals surface area contributed by atoms with E-state index in [9.17, 15) is 4.79 Å². The molecule has 0 aliphatic carbocycles. The van der Waals surface area contributed by atoms with Gasteiger partial charge in [-0.15, -0.1) is 4.99 Å². The highest BCUT2D eigenvalue weighted by Crippen LogP contribution is 2.21. The first-order valence-corrected chi connectivity index (χ1v) is 6.86. The molecule has 0 aliphatic heterocycles. The van der Waals surface area contributed by atoms with Gasteiger partial charge in [0.05, 0.1) is 5.69 Å². The number of amidine groups is 1. The SMILES string of the molecule is CSC(=NC#N)N(Cl)c1ccc(C(=O)N(C)C)cc1. The van der Waals surface area contributed by atoms with Gasteiger partial charge in [-0.3, -0.25) is 4.79 Å². The molecule has 7 heteroatoms. The Morgan fingerprint density at radius 3 is 2.37 bits per heavy atom. The molecule has 0 atom stereocenters. The van der Waals surface area contributed by atoms with Crippen molar-refractivity contribution in [3.63, 3.8) is 0 Å². The van der Waals surface area contributed by atoms with Crippen molar-refractivity contribution in [2.24, 2.45) is 4.99 Å². The average molecular weight is 297 g/mol. The summed E-state index contributed by atoms with van der Waals surface area (Å²) >= 11 is 7.34. The van der Waals surface area contributed by atoms with E-state index in [1.165, 1.54) is 21.1 Å². The van der Waals surface area contributed by atoms with Crippen LogP contribution in [-0.2, 0) is 0 Å². The fourth-order valence-electron chi connectivity index (χ4n) is 1.32. The van der Waals surface area contributed by atoms with E-state index in [0.29, 0.717) is 16.4 Å². The molecule has 5 nitrogen and oxygen atoms in total. The van der Waals surface area contributed by atoms with Crippen molar-refractivity contribution in [1.29, 1.82) is 5.26 Å². The van der Waals surface area contributed by atoms with Crippen molar-refractivity contribution in [1.82, 2.24) is 4.90 Å². The number of thioether (sulfide) groups is 1. The van der Waals surface area contributed by atoms with Crippen LogP contribution in [0, 0.1) is 11.5 Å². The average Bonchev–Trinajstić information content (AvgIpc) is 2.43. The lowest BCUT2D eigenvalue weighted by Crippen LogP contribution is -2.22. The molecule has 0 unspecified atom stereocenters. The second kappa shape index (κ2) is 7.02. The lowest BCUT2D eigenvalue weighted by atomic mass is 10.2. The van der Waals surface area contributed by atoms with Crippen LogP contribution in [0.25, 0.3) is 0 Å². The van der Waals surface area contributed by atoms with Gasteiger partial charge in [0.15, 0.2) is 5.17 Å². The maximum atomic E-state index is 11.7. The lowest BCUT2D eigenvalue weighted by Gasteiger charge is -2.16. The Kier molecular flexibility index (Phi) is 5.67. The molecule has 1 aromatic rings. The Morgan fingerprint density at radius 1 is 1.37 bits per heavy atom. The van der Waals surface area contributed by atoms with Crippen LogP contribution in [0.4, 0.5) is 5.69 Å². The lowest BCUT2D eigenvalue weighted by molar-refractivity contribution is 0.0827. The second-order valence-corrected chi connectivity index (χ2v) is 4.84. The molecule has 0 spiro atoms. The standard InChI is InChI=1S/C12H13ClN4OS/c1-16(2)11(18)9-4-6-10(7-5-9)17(13)12(19-3)15-8-14/h4-7H,1-3H3. The molecule has 1 aromatic carbocycles. The van der Waals surface area contributed by atoms with Crippen molar-refractivity contribution in [2.75, 3.05) is 24.8 Å². The van der Waals surface area contributed by atoms with Gasteiger partial charge >= 0.3 is 0 Å². The molecule has 0 saturated carbocycles. The summed E-state index contributed by atoms with van der Waals surface area (Å²) in [5.41, 5.74) is 1.21. The van der Waals surface area contributed by atoms with Crippen molar-refractivity contribution in [3.05, 3.63) is 29.8 Å². The number of rotatable bonds is 2. The summed E-state index contributed by atoms with van der Waals surface area (Å²) in [6.45, 7) is 0. The molecule has 100 valence electrons. The molecule has 1 rings (SSSR count). The van der Waals surface area contributed by atoms with E-state index in [2.05, 4.69) is 4.99 Å². The van der Waals surface area contributed by atoms with Gasteiger partial charge in [-0.2, -0.15) is 5.26 Å². The van der Waals surface area contributed by atoms with Crippen LogP contribution in [0.5, 0.6) is 0 Å². The van der Waals surface area contributed by atoms with Crippen LogP contribution in [0.15, 0.2) is 29.3 Å². The summed E-state index contributed by atoms with van der Waals surface area (Å²) in [5.74, 6) is -0.0801. The maximum Gasteiger partial charge on any atom is 0.253 e. The van der Waals surface area contributed by atoms with Gasteiger partial charge < -0.3 is 4.90 Å². The van der Waals surface area contributed by atoms with Gasteiger partial charge in [-0.05, 0) is 30.5 Å². The van der Waals surface area contributed by atoms with Crippen LogP contribution < -0.4 is 4.42 Å². The predicted octanol–water partition coefficient (Wildman–Crippen LogP) is 2.55. The Balaban J connectivity index is 2.96.